The third-order valence-electron chi connectivity index (χ3n) is 5.00. The van der Waals surface area contributed by atoms with Crippen LogP contribution in [0, 0.1) is 5.92 Å². The first kappa shape index (κ1) is 21.9. The van der Waals surface area contributed by atoms with Gasteiger partial charge >= 0.3 is 0 Å². The average Bonchev–Trinajstić information content (AvgIpc) is 3.03. The van der Waals surface area contributed by atoms with E-state index >= 15 is 0 Å². The van der Waals surface area contributed by atoms with Crippen LogP contribution in [0.1, 0.15) is 25.0 Å². The van der Waals surface area contributed by atoms with Gasteiger partial charge in [0, 0.05) is 4.90 Å². The Bertz CT molecular complexity index is 1120. The predicted octanol–water partition coefficient (Wildman–Crippen LogP) is 5.79. The summed E-state index contributed by atoms with van der Waals surface area (Å²) in [7, 11) is 0. The van der Waals surface area contributed by atoms with Crippen LogP contribution >= 0.6 is 11.8 Å². The van der Waals surface area contributed by atoms with Crippen molar-refractivity contribution in [2.45, 2.75) is 25.3 Å². The standard InChI is InChI=1S/C27H25NO3S/c1-19(2)18-31-22-15-13-21(14-16-22)24-25(32-23-11-7-4-8-12-23)27(30)28(26(24)29)17-20-9-5-3-6-10-20/h3-16,19H,17-18H2,1-2H3. The van der Waals surface area contributed by atoms with E-state index in [0.29, 0.717) is 28.6 Å². The van der Waals surface area contributed by atoms with Crippen molar-refractivity contribution in [2.75, 3.05) is 6.61 Å². The number of benzene rings is 3. The molecular formula is C27H25NO3S. The van der Waals surface area contributed by atoms with Crippen molar-refractivity contribution in [2.24, 2.45) is 5.92 Å². The van der Waals surface area contributed by atoms with Crippen LogP contribution in [0.4, 0.5) is 0 Å². The van der Waals surface area contributed by atoms with E-state index in [0.717, 1.165) is 16.2 Å². The second-order valence-corrected chi connectivity index (χ2v) is 9.11. The molecule has 0 bridgehead atoms. The lowest BCUT2D eigenvalue weighted by atomic mass is 10.1. The summed E-state index contributed by atoms with van der Waals surface area (Å²) in [5, 5.41) is 0. The Labute approximate surface area is 192 Å². The van der Waals surface area contributed by atoms with Gasteiger partial charge in [-0.1, -0.05) is 86.3 Å². The maximum absolute atomic E-state index is 13.4. The van der Waals surface area contributed by atoms with Gasteiger partial charge in [-0.3, -0.25) is 14.5 Å². The topological polar surface area (TPSA) is 46.6 Å². The van der Waals surface area contributed by atoms with Crippen LogP contribution in [-0.4, -0.2) is 23.3 Å². The minimum absolute atomic E-state index is 0.246. The first-order chi connectivity index (χ1) is 15.5. The molecule has 2 amide bonds. The molecule has 0 aromatic heterocycles. The van der Waals surface area contributed by atoms with E-state index in [1.54, 1.807) is 0 Å². The molecule has 3 aromatic rings. The van der Waals surface area contributed by atoms with Gasteiger partial charge in [-0.25, -0.2) is 0 Å². The third-order valence-corrected chi connectivity index (χ3v) is 6.09. The minimum Gasteiger partial charge on any atom is -0.493 e. The molecule has 3 aromatic carbocycles. The molecule has 4 nitrogen and oxygen atoms in total. The smallest absolute Gasteiger partial charge is 0.268 e. The van der Waals surface area contributed by atoms with Gasteiger partial charge < -0.3 is 4.74 Å². The van der Waals surface area contributed by atoms with E-state index in [1.165, 1.54) is 16.7 Å². The summed E-state index contributed by atoms with van der Waals surface area (Å²) in [4.78, 5) is 29.5. The summed E-state index contributed by atoms with van der Waals surface area (Å²) in [6.45, 7) is 5.06. The van der Waals surface area contributed by atoms with Gasteiger partial charge in [0.15, 0.2) is 0 Å². The van der Waals surface area contributed by atoms with Crippen LogP contribution in [0.15, 0.2) is 94.7 Å². The van der Waals surface area contributed by atoms with Crippen LogP contribution in [0.25, 0.3) is 5.57 Å². The highest BCUT2D eigenvalue weighted by atomic mass is 32.2. The number of hydrogen-bond donors (Lipinski definition) is 0. The van der Waals surface area contributed by atoms with Crippen molar-refractivity contribution in [1.82, 2.24) is 4.90 Å². The highest BCUT2D eigenvalue weighted by Gasteiger charge is 2.39. The number of carbonyl (C=O) groups excluding carboxylic acids is 2. The largest absolute Gasteiger partial charge is 0.493 e. The Morgan fingerprint density at radius 3 is 2.06 bits per heavy atom. The molecule has 1 heterocycles. The Morgan fingerprint density at radius 2 is 1.44 bits per heavy atom. The quantitative estimate of drug-likeness (QED) is 0.413. The Morgan fingerprint density at radius 1 is 0.812 bits per heavy atom. The summed E-state index contributed by atoms with van der Waals surface area (Å²) in [6.07, 6.45) is 0. The molecule has 0 atom stereocenters. The Balaban J connectivity index is 1.67. The first-order valence-electron chi connectivity index (χ1n) is 10.6. The van der Waals surface area contributed by atoms with Crippen molar-refractivity contribution >= 4 is 29.1 Å². The number of rotatable bonds is 8. The molecule has 0 fully saturated rings. The van der Waals surface area contributed by atoms with Crippen molar-refractivity contribution in [3.63, 3.8) is 0 Å². The molecule has 0 radical (unpaired) electrons. The van der Waals surface area contributed by atoms with Crippen molar-refractivity contribution in [1.29, 1.82) is 0 Å². The molecule has 0 aliphatic carbocycles. The van der Waals surface area contributed by atoms with Crippen molar-refractivity contribution < 1.29 is 14.3 Å². The van der Waals surface area contributed by atoms with Crippen LogP contribution in [0.2, 0.25) is 0 Å². The van der Waals surface area contributed by atoms with Gasteiger partial charge in [-0.2, -0.15) is 0 Å². The van der Waals surface area contributed by atoms with Crippen LogP contribution in [0.5, 0.6) is 5.75 Å². The van der Waals surface area contributed by atoms with E-state index in [4.69, 9.17) is 4.74 Å². The van der Waals surface area contributed by atoms with Gasteiger partial charge in [0.2, 0.25) is 0 Å². The van der Waals surface area contributed by atoms with E-state index < -0.39 is 0 Å². The molecule has 4 rings (SSSR count). The lowest BCUT2D eigenvalue weighted by molar-refractivity contribution is -0.137. The molecule has 0 N–H and O–H groups in total. The minimum atomic E-state index is -0.270. The molecule has 5 heteroatoms. The van der Waals surface area contributed by atoms with Crippen molar-refractivity contribution in [3.8, 4) is 5.75 Å². The third kappa shape index (κ3) is 4.94. The van der Waals surface area contributed by atoms with E-state index in [9.17, 15) is 9.59 Å². The van der Waals surface area contributed by atoms with E-state index in [1.807, 2.05) is 84.9 Å². The number of ether oxygens (including phenoxy) is 1. The molecule has 0 spiro atoms. The molecule has 32 heavy (non-hydrogen) atoms. The van der Waals surface area contributed by atoms with Gasteiger partial charge in [0.25, 0.3) is 11.8 Å². The van der Waals surface area contributed by atoms with Gasteiger partial charge in [-0.05, 0) is 41.3 Å². The molecule has 1 aliphatic heterocycles. The summed E-state index contributed by atoms with van der Waals surface area (Å²) in [5.74, 6) is 0.640. The number of thioether (sulfide) groups is 1. The molecule has 0 unspecified atom stereocenters. The normalized spacial score (nSPS) is 13.9. The number of imide groups is 1. The molecule has 162 valence electrons. The fourth-order valence-corrected chi connectivity index (χ4v) is 4.43. The monoisotopic (exact) mass is 443 g/mol. The van der Waals surface area contributed by atoms with Crippen molar-refractivity contribution in [3.05, 3.63) is 101 Å². The zero-order valence-electron chi connectivity index (χ0n) is 18.2. The SMILES string of the molecule is CC(C)COc1ccc(C2=C(Sc3ccccc3)C(=O)N(Cc3ccccc3)C2=O)cc1. The fourth-order valence-electron chi connectivity index (χ4n) is 3.40. The van der Waals surface area contributed by atoms with Crippen LogP contribution in [0.3, 0.4) is 0 Å². The maximum Gasteiger partial charge on any atom is 0.268 e. The Kier molecular flexibility index (Phi) is 6.76. The zero-order chi connectivity index (χ0) is 22.5. The van der Waals surface area contributed by atoms with Gasteiger partial charge in [0.05, 0.1) is 23.6 Å². The molecule has 1 aliphatic rings. The highest BCUT2D eigenvalue weighted by molar-refractivity contribution is 8.04. The lowest BCUT2D eigenvalue weighted by Gasteiger charge is -2.15. The average molecular weight is 444 g/mol. The molecular weight excluding hydrogens is 418 g/mol. The second-order valence-electron chi connectivity index (χ2n) is 8.03. The first-order valence-corrected chi connectivity index (χ1v) is 11.4. The second kappa shape index (κ2) is 9.88. The summed E-state index contributed by atoms with van der Waals surface area (Å²) in [5.41, 5.74) is 2.07. The fraction of sp³-hybridized carbons (Fsp3) is 0.185. The number of carbonyl (C=O) groups is 2. The highest BCUT2D eigenvalue weighted by Crippen LogP contribution is 2.40. The van der Waals surface area contributed by atoms with Crippen LogP contribution < -0.4 is 4.74 Å². The number of hydrogen-bond acceptors (Lipinski definition) is 4. The van der Waals surface area contributed by atoms with Gasteiger partial charge in [0.1, 0.15) is 5.75 Å². The maximum atomic E-state index is 13.4. The summed E-state index contributed by atoms with van der Waals surface area (Å²) in [6, 6.07) is 26.6. The zero-order valence-corrected chi connectivity index (χ0v) is 19.0. The van der Waals surface area contributed by atoms with E-state index in [2.05, 4.69) is 13.8 Å². The molecule has 0 saturated carbocycles. The number of nitrogens with zero attached hydrogens (tertiary/aromatic N) is 1. The molecule has 0 saturated heterocycles. The van der Waals surface area contributed by atoms with Crippen LogP contribution in [-0.2, 0) is 16.1 Å². The summed E-state index contributed by atoms with van der Waals surface area (Å²) >= 11 is 1.34. The summed E-state index contributed by atoms with van der Waals surface area (Å²) < 4.78 is 5.77. The lowest BCUT2D eigenvalue weighted by Crippen LogP contribution is -2.30. The van der Waals surface area contributed by atoms with Gasteiger partial charge in [-0.15, -0.1) is 0 Å². The Hall–Kier alpha value is -3.31. The number of amides is 2. The van der Waals surface area contributed by atoms with E-state index in [-0.39, 0.29) is 18.4 Å². The predicted molar refractivity (Wildman–Crippen MR) is 128 cm³/mol.